The molecule has 0 bridgehead atoms. The fourth-order valence-electron chi connectivity index (χ4n) is 1.85. The first-order chi connectivity index (χ1) is 9.54. The zero-order chi connectivity index (χ0) is 14.3. The number of anilines is 2. The van der Waals surface area contributed by atoms with Gasteiger partial charge < -0.3 is 11.1 Å². The number of rotatable bonds is 2. The normalized spacial score (nSPS) is 10.9. The predicted octanol–water partition coefficient (Wildman–Crippen LogP) is 4.87. The molecule has 6 heteroatoms. The minimum atomic E-state index is -0.109. The van der Waals surface area contributed by atoms with Crippen molar-refractivity contribution in [1.29, 1.82) is 0 Å². The molecule has 0 aliphatic carbocycles. The maximum atomic E-state index is 12.3. The Kier molecular flexibility index (Phi) is 3.54. The molecule has 0 radical (unpaired) electrons. The van der Waals surface area contributed by atoms with E-state index in [2.05, 4.69) is 21.2 Å². The van der Waals surface area contributed by atoms with Crippen molar-refractivity contribution in [2.24, 2.45) is 0 Å². The summed E-state index contributed by atoms with van der Waals surface area (Å²) >= 11 is 6.58. The van der Waals surface area contributed by atoms with Gasteiger partial charge in [0.25, 0.3) is 5.91 Å². The van der Waals surface area contributed by atoms with Gasteiger partial charge >= 0.3 is 0 Å². The van der Waals surface area contributed by atoms with Gasteiger partial charge in [-0.1, -0.05) is 0 Å². The lowest BCUT2D eigenvalue weighted by Crippen LogP contribution is -2.11. The number of carbonyl (C=O) groups excluding carboxylic acids is 1. The van der Waals surface area contributed by atoms with Gasteiger partial charge in [0, 0.05) is 19.6 Å². The molecule has 0 saturated carbocycles. The van der Waals surface area contributed by atoms with Crippen LogP contribution in [-0.2, 0) is 0 Å². The molecule has 1 aromatic carbocycles. The number of nitrogens with one attached hydrogen (secondary N) is 1. The van der Waals surface area contributed by atoms with E-state index in [9.17, 15) is 4.79 Å². The van der Waals surface area contributed by atoms with Crippen LogP contribution in [0.1, 0.15) is 15.2 Å². The molecule has 0 unspecified atom stereocenters. The number of hydrogen-bond acceptors (Lipinski definition) is 4. The van der Waals surface area contributed by atoms with Crippen molar-refractivity contribution in [3.8, 4) is 0 Å². The van der Waals surface area contributed by atoms with E-state index < -0.39 is 0 Å². The third-order valence-corrected chi connectivity index (χ3v) is 5.72. The van der Waals surface area contributed by atoms with E-state index in [0.717, 1.165) is 19.4 Å². The van der Waals surface area contributed by atoms with E-state index in [1.54, 1.807) is 17.4 Å². The zero-order valence-corrected chi connectivity index (χ0v) is 13.8. The average molecular weight is 367 g/mol. The summed E-state index contributed by atoms with van der Waals surface area (Å²) in [5.74, 6) is -0.109. The van der Waals surface area contributed by atoms with Gasteiger partial charge in [-0.25, -0.2) is 0 Å². The highest BCUT2D eigenvalue weighted by Gasteiger charge is 2.13. The lowest BCUT2D eigenvalue weighted by atomic mass is 10.2. The van der Waals surface area contributed by atoms with Gasteiger partial charge in [-0.15, -0.1) is 22.7 Å². The molecule has 0 aliphatic heterocycles. The SMILES string of the molecule is Cc1cc(Br)c(NC(=O)c2cc3sccc3s2)cc1N. The highest BCUT2D eigenvalue weighted by Crippen LogP contribution is 2.32. The molecule has 2 heterocycles. The molecule has 3 nitrogen and oxygen atoms in total. The number of benzene rings is 1. The lowest BCUT2D eigenvalue weighted by molar-refractivity contribution is 0.103. The van der Waals surface area contributed by atoms with Crippen LogP contribution >= 0.6 is 38.6 Å². The first-order valence-corrected chi connectivity index (χ1v) is 8.37. The quantitative estimate of drug-likeness (QED) is 0.635. The van der Waals surface area contributed by atoms with Gasteiger partial charge in [0.1, 0.15) is 0 Å². The number of hydrogen-bond donors (Lipinski definition) is 2. The Balaban J connectivity index is 1.89. The molecule has 3 rings (SSSR count). The summed E-state index contributed by atoms with van der Waals surface area (Å²) in [6, 6.07) is 7.62. The Labute approximate surface area is 132 Å². The van der Waals surface area contributed by atoms with Crippen LogP contribution in [0, 0.1) is 6.92 Å². The van der Waals surface area contributed by atoms with Gasteiger partial charge in [-0.05, 0) is 58.1 Å². The van der Waals surface area contributed by atoms with Gasteiger partial charge in [0.2, 0.25) is 0 Å². The number of carbonyl (C=O) groups is 1. The maximum absolute atomic E-state index is 12.3. The molecule has 3 aromatic rings. The molecule has 102 valence electrons. The van der Waals surface area contributed by atoms with Crippen molar-refractivity contribution in [1.82, 2.24) is 0 Å². The van der Waals surface area contributed by atoms with Crippen LogP contribution in [0.3, 0.4) is 0 Å². The minimum absolute atomic E-state index is 0.109. The van der Waals surface area contributed by atoms with Gasteiger partial charge in [0.05, 0.1) is 10.6 Å². The van der Waals surface area contributed by atoms with Gasteiger partial charge in [-0.2, -0.15) is 0 Å². The first-order valence-electron chi connectivity index (χ1n) is 5.88. The molecule has 0 fully saturated rings. The smallest absolute Gasteiger partial charge is 0.265 e. The van der Waals surface area contributed by atoms with Crippen molar-refractivity contribution in [3.63, 3.8) is 0 Å². The largest absolute Gasteiger partial charge is 0.398 e. The van der Waals surface area contributed by atoms with E-state index in [4.69, 9.17) is 5.73 Å². The number of nitrogen functional groups attached to an aromatic ring is 1. The van der Waals surface area contributed by atoms with E-state index in [0.29, 0.717) is 16.3 Å². The third-order valence-electron chi connectivity index (χ3n) is 2.97. The number of nitrogens with two attached hydrogens (primary N) is 1. The standard InChI is InChI=1S/C14H11BrN2OS2/c1-7-4-8(15)10(5-9(7)16)17-14(18)13-6-12-11(20-13)2-3-19-12/h2-6H,16H2,1H3,(H,17,18). The molecule has 0 spiro atoms. The second kappa shape index (κ2) is 5.20. The Bertz CT molecular complexity index is 778. The van der Waals surface area contributed by atoms with Crippen LogP contribution in [0.15, 0.2) is 34.1 Å². The number of fused-ring (bicyclic) bond motifs is 1. The summed E-state index contributed by atoms with van der Waals surface area (Å²) in [6.07, 6.45) is 0. The van der Waals surface area contributed by atoms with Crippen molar-refractivity contribution in [2.75, 3.05) is 11.1 Å². The molecule has 3 N–H and O–H groups in total. The summed E-state index contributed by atoms with van der Waals surface area (Å²) in [5.41, 5.74) is 8.21. The van der Waals surface area contributed by atoms with E-state index in [1.165, 1.54) is 11.3 Å². The minimum Gasteiger partial charge on any atom is -0.398 e. The molecule has 1 amide bonds. The summed E-state index contributed by atoms with van der Waals surface area (Å²) in [7, 11) is 0. The Morgan fingerprint density at radius 3 is 2.85 bits per heavy atom. The average Bonchev–Trinajstić information content (AvgIpc) is 2.96. The molecule has 0 aliphatic rings. The highest BCUT2D eigenvalue weighted by atomic mass is 79.9. The summed E-state index contributed by atoms with van der Waals surface area (Å²) < 4.78 is 3.11. The number of amides is 1. The Hall–Kier alpha value is -1.37. The first kappa shape index (κ1) is 13.6. The fourth-order valence-corrected chi connectivity index (χ4v) is 4.41. The van der Waals surface area contributed by atoms with Gasteiger partial charge in [0.15, 0.2) is 0 Å². The molecule has 20 heavy (non-hydrogen) atoms. The van der Waals surface area contributed by atoms with E-state index in [-0.39, 0.29) is 5.91 Å². The second-order valence-electron chi connectivity index (χ2n) is 4.40. The van der Waals surface area contributed by atoms with Crippen molar-refractivity contribution in [3.05, 3.63) is 44.6 Å². The molecular formula is C14H11BrN2OS2. The Morgan fingerprint density at radius 2 is 2.10 bits per heavy atom. The predicted molar refractivity (Wildman–Crippen MR) is 90.9 cm³/mol. The van der Waals surface area contributed by atoms with Crippen LogP contribution in [0.4, 0.5) is 11.4 Å². The van der Waals surface area contributed by atoms with Crippen LogP contribution in [0.25, 0.3) is 9.40 Å². The molecule has 2 aromatic heterocycles. The van der Waals surface area contributed by atoms with Crippen molar-refractivity contribution < 1.29 is 4.79 Å². The molecule has 0 saturated heterocycles. The van der Waals surface area contributed by atoms with Crippen LogP contribution < -0.4 is 11.1 Å². The maximum Gasteiger partial charge on any atom is 0.265 e. The number of halogens is 1. The highest BCUT2D eigenvalue weighted by molar-refractivity contribution is 9.10. The zero-order valence-electron chi connectivity index (χ0n) is 10.6. The lowest BCUT2D eigenvalue weighted by Gasteiger charge is -2.09. The number of aryl methyl sites for hydroxylation is 1. The molecule has 0 atom stereocenters. The van der Waals surface area contributed by atoms with Crippen molar-refractivity contribution in [2.45, 2.75) is 6.92 Å². The monoisotopic (exact) mass is 366 g/mol. The summed E-state index contributed by atoms with van der Waals surface area (Å²) in [4.78, 5) is 13.0. The summed E-state index contributed by atoms with van der Waals surface area (Å²) in [5, 5.41) is 4.92. The van der Waals surface area contributed by atoms with Crippen LogP contribution in [0.2, 0.25) is 0 Å². The van der Waals surface area contributed by atoms with Crippen molar-refractivity contribution >= 4 is 65.3 Å². The third kappa shape index (κ3) is 2.46. The van der Waals surface area contributed by atoms with Gasteiger partial charge in [-0.3, -0.25) is 4.79 Å². The van der Waals surface area contributed by atoms with E-state index >= 15 is 0 Å². The van der Waals surface area contributed by atoms with Crippen LogP contribution in [-0.4, -0.2) is 5.91 Å². The number of thiophene rings is 2. The van der Waals surface area contributed by atoms with Crippen LogP contribution in [0.5, 0.6) is 0 Å². The second-order valence-corrected chi connectivity index (χ2v) is 7.29. The summed E-state index contributed by atoms with van der Waals surface area (Å²) in [6.45, 7) is 1.93. The Morgan fingerprint density at radius 1 is 1.30 bits per heavy atom. The molecular weight excluding hydrogens is 356 g/mol. The topological polar surface area (TPSA) is 55.1 Å². The van der Waals surface area contributed by atoms with E-state index in [1.807, 2.05) is 30.5 Å². The fraction of sp³-hybridized carbons (Fsp3) is 0.0714.